The molecule has 0 aromatic heterocycles. The van der Waals surface area contributed by atoms with Crippen LogP contribution in [0.2, 0.25) is 0 Å². The third kappa shape index (κ3) is 23.8. The van der Waals surface area contributed by atoms with Crippen molar-refractivity contribution in [1.82, 2.24) is 0 Å². The van der Waals surface area contributed by atoms with Crippen molar-refractivity contribution in [1.29, 1.82) is 0 Å². The Kier molecular flexibility index (Phi) is 29.0. The minimum atomic E-state index is -0.520. The van der Waals surface area contributed by atoms with Gasteiger partial charge in [0.2, 0.25) is 0 Å². The van der Waals surface area contributed by atoms with Crippen LogP contribution in [0.25, 0.3) is 0 Å². The van der Waals surface area contributed by atoms with E-state index in [2.05, 4.69) is 0 Å². The molecule has 484 valence electrons. The summed E-state index contributed by atoms with van der Waals surface area (Å²) in [6.07, 6.45) is 0. The van der Waals surface area contributed by atoms with Gasteiger partial charge in [0.1, 0.15) is 79.3 Å². The number of non-ortho nitro benzene ring substituents is 4. The van der Waals surface area contributed by atoms with Gasteiger partial charge in [-0.2, -0.15) is 0 Å². The summed E-state index contributed by atoms with van der Waals surface area (Å²) in [6, 6.07) is 31.5. The van der Waals surface area contributed by atoms with E-state index >= 15 is 0 Å². The Morgan fingerprint density at radius 3 is 0.500 bits per heavy atom. The second-order valence-corrected chi connectivity index (χ2v) is 18.3. The molecular formula is C60H68N4O26. The SMILES string of the molecule is O=[N+]([O-])c1ccc2c(c1)OCCOCCOc1cc([N+](=O)[O-])ccc1OCCOCCO2.O=[N+]([O-])c1ccc2c(c1)OCCOCCOc1ccc([N+](=O)[O-])cc1OCCOCCO2.c1ccc2c(c1)OCCOCCOc1ccccc1OCCOCCO2. The second kappa shape index (κ2) is 38.5. The number of hydrogen-bond donors (Lipinski definition) is 0. The van der Waals surface area contributed by atoms with Crippen molar-refractivity contribution in [2.75, 3.05) is 159 Å². The molecule has 90 heavy (non-hydrogen) atoms. The van der Waals surface area contributed by atoms with Crippen LogP contribution in [0.3, 0.4) is 0 Å². The molecule has 0 unspecified atom stereocenters. The van der Waals surface area contributed by atoms with Crippen LogP contribution in [0.15, 0.2) is 121 Å². The lowest BCUT2D eigenvalue weighted by atomic mass is 10.3. The van der Waals surface area contributed by atoms with E-state index in [9.17, 15) is 40.5 Å². The van der Waals surface area contributed by atoms with Crippen LogP contribution in [-0.4, -0.2) is 178 Å². The Labute approximate surface area is 515 Å². The van der Waals surface area contributed by atoms with Crippen LogP contribution >= 0.6 is 0 Å². The van der Waals surface area contributed by atoms with Gasteiger partial charge in [0.15, 0.2) is 69.0 Å². The van der Waals surface area contributed by atoms with Crippen molar-refractivity contribution in [3.05, 3.63) is 162 Å². The van der Waals surface area contributed by atoms with Gasteiger partial charge in [0, 0.05) is 24.3 Å². The highest BCUT2D eigenvalue weighted by molar-refractivity contribution is 5.51. The van der Waals surface area contributed by atoms with E-state index in [0.29, 0.717) is 98.9 Å². The quantitative estimate of drug-likeness (QED) is 0.118. The first-order valence-electron chi connectivity index (χ1n) is 28.3. The molecule has 0 spiro atoms. The molecule has 0 saturated carbocycles. The monoisotopic (exact) mass is 1260 g/mol. The van der Waals surface area contributed by atoms with Gasteiger partial charge in [-0.1, -0.05) is 24.3 Å². The molecule has 9 rings (SSSR count). The predicted molar refractivity (Wildman–Crippen MR) is 316 cm³/mol. The number of nitrogens with zero attached hydrogens (tertiary/aromatic N) is 4. The van der Waals surface area contributed by atoms with Crippen LogP contribution in [0.4, 0.5) is 22.7 Å². The summed E-state index contributed by atoms with van der Waals surface area (Å²) in [5, 5.41) is 44.1. The molecule has 3 aliphatic heterocycles. The fraction of sp³-hybridized carbons (Fsp3) is 0.400. The topological polar surface area (TPSA) is 339 Å². The molecule has 3 heterocycles. The Hall–Kier alpha value is -9.72. The summed E-state index contributed by atoms with van der Waals surface area (Å²) < 4.78 is 101. The number of para-hydroxylation sites is 4. The summed E-state index contributed by atoms with van der Waals surface area (Å²) >= 11 is 0. The first kappa shape index (κ1) is 67.8. The number of nitro groups is 4. The zero-order chi connectivity index (χ0) is 63.4. The van der Waals surface area contributed by atoms with Gasteiger partial charge in [0.25, 0.3) is 22.7 Å². The summed E-state index contributed by atoms with van der Waals surface area (Å²) in [5.41, 5.74) is -0.470. The second-order valence-electron chi connectivity index (χ2n) is 18.3. The third-order valence-electron chi connectivity index (χ3n) is 12.1. The van der Waals surface area contributed by atoms with Gasteiger partial charge in [-0.05, 0) is 48.5 Å². The van der Waals surface area contributed by atoms with Crippen molar-refractivity contribution in [2.24, 2.45) is 0 Å². The number of ether oxygens (including phenoxy) is 18. The zero-order valence-electron chi connectivity index (χ0n) is 48.9. The minimum Gasteiger partial charge on any atom is -0.487 e. The molecule has 0 aliphatic carbocycles. The van der Waals surface area contributed by atoms with Crippen molar-refractivity contribution >= 4 is 22.7 Å². The number of hydrogen-bond acceptors (Lipinski definition) is 26. The Morgan fingerprint density at radius 1 is 0.200 bits per heavy atom. The first-order valence-corrected chi connectivity index (χ1v) is 28.3. The Balaban J connectivity index is 0.000000193. The van der Waals surface area contributed by atoms with Crippen molar-refractivity contribution in [2.45, 2.75) is 0 Å². The standard InChI is InChI=1S/2C20H22N2O10.C20H24O6/c23-21(24)15-1-3-17-19(13-15)31-11-7-28-6-10-30-18-4-2-16(22(25)26)14-20(18)32-12-8-27-5-9-29-17;23-21(24)15-1-3-17-19(13-15)31-11-7-28-8-12-32-20-14-16(22(25)26)2-4-18(20)30-10-6-27-5-9-29-17;1-2-6-18-17(5-1)23-13-9-21-11-15-25-19-7-3-4-8-20(19)26-16-12-22-10-14-24-18/h2*1-4,13-14H,5-12H2;1-8H,9-16H2. The molecule has 0 bridgehead atoms. The maximum Gasteiger partial charge on any atom is 0.273 e. The van der Waals surface area contributed by atoms with E-state index in [0.717, 1.165) is 0 Å². The molecular weight excluding hydrogens is 1190 g/mol. The van der Waals surface area contributed by atoms with Crippen LogP contribution in [0.5, 0.6) is 69.0 Å². The van der Waals surface area contributed by atoms with Gasteiger partial charge < -0.3 is 85.3 Å². The van der Waals surface area contributed by atoms with Gasteiger partial charge in [0.05, 0.1) is 123 Å². The van der Waals surface area contributed by atoms with Gasteiger partial charge in [-0.25, -0.2) is 0 Å². The number of rotatable bonds is 4. The predicted octanol–water partition coefficient (Wildman–Crippen LogP) is 8.48. The van der Waals surface area contributed by atoms with Gasteiger partial charge in [-0.15, -0.1) is 0 Å². The van der Waals surface area contributed by atoms with E-state index in [4.69, 9.17) is 85.3 Å². The zero-order valence-corrected chi connectivity index (χ0v) is 48.9. The number of benzene rings is 6. The first-order chi connectivity index (χ1) is 44.0. The van der Waals surface area contributed by atoms with E-state index in [1.54, 1.807) is 0 Å². The maximum absolute atomic E-state index is 11.0. The molecule has 0 saturated heterocycles. The highest BCUT2D eigenvalue weighted by atomic mass is 16.7. The maximum atomic E-state index is 11.0. The normalized spacial score (nSPS) is 16.1. The highest BCUT2D eigenvalue weighted by Crippen LogP contribution is 2.36. The Morgan fingerprint density at radius 2 is 0.344 bits per heavy atom. The summed E-state index contributed by atoms with van der Waals surface area (Å²) in [4.78, 5) is 42.0. The summed E-state index contributed by atoms with van der Waals surface area (Å²) in [7, 11) is 0. The van der Waals surface area contributed by atoms with Crippen LogP contribution in [0.1, 0.15) is 0 Å². The molecule has 0 fully saturated rings. The molecule has 0 radical (unpaired) electrons. The average Bonchev–Trinajstić information content (AvgIpc) is 2.59. The summed E-state index contributed by atoms with van der Waals surface area (Å²) in [6.45, 7) is 6.63. The molecule has 30 heteroatoms. The van der Waals surface area contributed by atoms with E-state index in [1.165, 1.54) is 72.8 Å². The highest BCUT2D eigenvalue weighted by Gasteiger charge is 2.19. The number of nitro benzene ring substituents is 4. The largest absolute Gasteiger partial charge is 0.487 e. The molecule has 0 atom stereocenters. The fourth-order valence-corrected chi connectivity index (χ4v) is 7.89. The van der Waals surface area contributed by atoms with E-state index < -0.39 is 19.7 Å². The number of fused-ring (bicyclic) bond motifs is 6. The molecule has 0 N–H and O–H groups in total. The lowest BCUT2D eigenvalue weighted by Gasteiger charge is -2.15. The van der Waals surface area contributed by atoms with Crippen LogP contribution < -0.4 is 56.8 Å². The molecule has 6 aromatic rings. The van der Waals surface area contributed by atoms with Gasteiger partial charge in [-0.3, -0.25) is 40.5 Å². The van der Waals surface area contributed by atoms with Crippen LogP contribution in [0, 0.1) is 40.5 Å². The average molecular weight is 1260 g/mol. The third-order valence-corrected chi connectivity index (χ3v) is 12.1. The van der Waals surface area contributed by atoms with Crippen LogP contribution in [-0.2, 0) is 28.4 Å². The Bertz CT molecular complexity index is 2930. The van der Waals surface area contributed by atoms with Crippen molar-refractivity contribution < 1.29 is 105 Å². The smallest absolute Gasteiger partial charge is 0.273 e. The lowest BCUT2D eigenvalue weighted by molar-refractivity contribution is -0.385. The molecule has 6 aromatic carbocycles. The van der Waals surface area contributed by atoms with E-state index in [1.807, 2.05) is 48.5 Å². The lowest BCUT2D eigenvalue weighted by Crippen LogP contribution is -2.15. The van der Waals surface area contributed by atoms with Gasteiger partial charge >= 0.3 is 0 Å². The minimum absolute atomic E-state index is 0.115. The molecule has 30 nitrogen and oxygen atoms in total. The molecule has 0 amide bonds. The van der Waals surface area contributed by atoms with E-state index in [-0.39, 0.29) is 151 Å². The fourth-order valence-electron chi connectivity index (χ4n) is 7.89. The molecule has 3 aliphatic rings. The van der Waals surface area contributed by atoms with Crippen molar-refractivity contribution in [3.63, 3.8) is 0 Å². The van der Waals surface area contributed by atoms with Crippen molar-refractivity contribution in [3.8, 4) is 69.0 Å². The summed E-state index contributed by atoms with van der Waals surface area (Å²) in [5.74, 6) is 5.13.